The molecule has 144 valence electrons. The van der Waals surface area contributed by atoms with Gasteiger partial charge in [0.15, 0.2) is 11.0 Å². The number of hydrogen-bond acceptors (Lipinski definition) is 5. The SMILES string of the molecule is COc1ccc(-c2nnc(S[C@@H](C#N)Cc3ccc(C)cc3)n2C(C)C)cc1. The van der Waals surface area contributed by atoms with Crippen molar-refractivity contribution in [2.45, 2.75) is 43.6 Å². The van der Waals surface area contributed by atoms with Gasteiger partial charge in [-0.3, -0.25) is 4.57 Å². The van der Waals surface area contributed by atoms with Gasteiger partial charge in [0, 0.05) is 11.6 Å². The minimum absolute atomic E-state index is 0.174. The van der Waals surface area contributed by atoms with Crippen molar-refractivity contribution in [1.82, 2.24) is 14.8 Å². The fraction of sp³-hybridized carbons (Fsp3) is 0.318. The summed E-state index contributed by atoms with van der Waals surface area (Å²) in [6, 6.07) is 18.7. The first-order valence-corrected chi connectivity index (χ1v) is 10.1. The third-order valence-electron chi connectivity index (χ3n) is 4.46. The van der Waals surface area contributed by atoms with Crippen LogP contribution in [0.5, 0.6) is 5.75 Å². The molecule has 2 aromatic carbocycles. The summed E-state index contributed by atoms with van der Waals surface area (Å²) in [5, 5.41) is 19.0. The Kier molecular flexibility index (Phi) is 6.37. The lowest BCUT2D eigenvalue weighted by Crippen LogP contribution is -2.09. The van der Waals surface area contributed by atoms with Crippen molar-refractivity contribution in [2.24, 2.45) is 0 Å². The number of aryl methyl sites for hydroxylation is 1. The lowest BCUT2D eigenvalue weighted by Gasteiger charge is -2.15. The van der Waals surface area contributed by atoms with Gasteiger partial charge in [0.1, 0.15) is 11.0 Å². The van der Waals surface area contributed by atoms with Crippen LogP contribution in [-0.4, -0.2) is 27.1 Å². The van der Waals surface area contributed by atoms with E-state index in [2.05, 4.69) is 65.9 Å². The highest BCUT2D eigenvalue weighted by Gasteiger charge is 2.21. The van der Waals surface area contributed by atoms with E-state index >= 15 is 0 Å². The lowest BCUT2D eigenvalue weighted by molar-refractivity contribution is 0.415. The van der Waals surface area contributed by atoms with Crippen molar-refractivity contribution >= 4 is 11.8 Å². The van der Waals surface area contributed by atoms with Gasteiger partial charge in [0.2, 0.25) is 0 Å². The lowest BCUT2D eigenvalue weighted by atomic mass is 10.1. The zero-order valence-corrected chi connectivity index (χ0v) is 17.4. The summed E-state index contributed by atoms with van der Waals surface area (Å²) in [5.74, 6) is 1.60. The summed E-state index contributed by atoms with van der Waals surface area (Å²) >= 11 is 1.47. The summed E-state index contributed by atoms with van der Waals surface area (Å²) in [4.78, 5) is 0. The van der Waals surface area contributed by atoms with Crippen molar-refractivity contribution in [2.75, 3.05) is 7.11 Å². The molecule has 0 N–H and O–H groups in total. The van der Waals surface area contributed by atoms with Gasteiger partial charge in [-0.25, -0.2) is 0 Å². The number of methoxy groups -OCH3 is 1. The van der Waals surface area contributed by atoms with Crippen LogP contribution in [0.4, 0.5) is 0 Å². The third kappa shape index (κ3) is 4.55. The first-order valence-electron chi connectivity index (χ1n) is 9.23. The first-order chi connectivity index (χ1) is 13.5. The number of thioether (sulfide) groups is 1. The van der Waals surface area contributed by atoms with Crippen molar-refractivity contribution in [3.8, 4) is 23.2 Å². The molecule has 6 heteroatoms. The van der Waals surface area contributed by atoms with E-state index in [4.69, 9.17) is 4.74 Å². The Morgan fingerprint density at radius 3 is 2.32 bits per heavy atom. The molecule has 3 aromatic rings. The van der Waals surface area contributed by atoms with E-state index < -0.39 is 0 Å². The summed E-state index contributed by atoms with van der Waals surface area (Å²) in [5.41, 5.74) is 3.34. The molecule has 1 heterocycles. The van der Waals surface area contributed by atoms with E-state index in [1.807, 2.05) is 24.3 Å². The summed E-state index contributed by atoms with van der Waals surface area (Å²) < 4.78 is 7.33. The fourth-order valence-electron chi connectivity index (χ4n) is 2.94. The van der Waals surface area contributed by atoms with Gasteiger partial charge in [-0.05, 0) is 57.0 Å². The minimum Gasteiger partial charge on any atom is -0.497 e. The number of nitrogens with zero attached hydrogens (tertiary/aromatic N) is 4. The zero-order chi connectivity index (χ0) is 20.1. The van der Waals surface area contributed by atoms with Crippen molar-refractivity contribution in [1.29, 1.82) is 5.26 Å². The Morgan fingerprint density at radius 2 is 1.75 bits per heavy atom. The number of benzene rings is 2. The highest BCUT2D eigenvalue weighted by Crippen LogP contribution is 2.31. The number of rotatable bonds is 7. The second-order valence-electron chi connectivity index (χ2n) is 6.92. The molecular weight excluding hydrogens is 368 g/mol. The van der Waals surface area contributed by atoms with Crippen molar-refractivity contribution < 1.29 is 4.74 Å². The molecule has 0 bridgehead atoms. The Labute approximate surface area is 170 Å². The first kappa shape index (κ1) is 20.0. The molecule has 1 aromatic heterocycles. The second kappa shape index (κ2) is 8.94. The Bertz CT molecular complexity index is 956. The third-order valence-corrected chi connectivity index (χ3v) is 5.51. The standard InChI is InChI=1S/C22H24N4OS/c1-15(2)26-21(18-9-11-19(27-4)12-10-18)24-25-22(26)28-20(14-23)13-17-7-5-16(3)6-8-17/h5-12,15,20H,13H2,1-4H3/t20-/m1/s1. The summed E-state index contributed by atoms with van der Waals surface area (Å²) in [6.07, 6.45) is 0.671. The van der Waals surface area contributed by atoms with Crippen LogP contribution < -0.4 is 4.74 Å². The molecule has 1 atom stereocenters. The van der Waals surface area contributed by atoms with Crippen LogP contribution in [0.25, 0.3) is 11.4 Å². The fourth-order valence-corrected chi connectivity index (χ4v) is 4.02. The van der Waals surface area contributed by atoms with E-state index in [0.717, 1.165) is 27.9 Å². The predicted octanol–water partition coefficient (Wildman–Crippen LogP) is 5.07. The molecule has 0 radical (unpaired) electrons. The van der Waals surface area contributed by atoms with Crippen molar-refractivity contribution in [3.63, 3.8) is 0 Å². The predicted molar refractivity (Wildman–Crippen MR) is 113 cm³/mol. The van der Waals surface area contributed by atoms with Gasteiger partial charge in [-0.15, -0.1) is 10.2 Å². The van der Waals surface area contributed by atoms with E-state index in [9.17, 15) is 5.26 Å². The van der Waals surface area contributed by atoms with E-state index in [0.29, 0.717) is 6.42 Å². The average Bonchev–Trinajstić information content (AvgIpc) is 3.13. The van der Waals surface area contributed by atoms with Gasteiger partial charge in [0.25, 0.3) is 0 Å². The molecule has 0 spiro atoms. The van der Waals surface area contributed by atoms with Gasteiger partial charge in [-0.1, -0.05) is 41.6 Å². The molecule has 0 amide bonds. The van der Waals surface area contributed by atoms with Gasteiger partial charge >= 0.3 is 0 Å². The topological polar surface area (TPSA) is 63.7 Å². The number of hydrogen-bond donors (Lipinski definition) is 0. The number of ether oxygens (including phenoxy) is 1. The average molecular weight is 393 g/mol. The monoisotopic (exact) mass is 392 g/mol. The molecule has 28 heavy (non-hydrogen) atoms. The number of nitriles is 1. The molecule has 0 saturated carbocycles. The molecule has 0 aliphatic heterocycles. The molecule has 5 nitrogen and oxygen atoms in total. The van der Waals surface area contributed by atoms with Crippen LogP contribution in [0, 0.1) is 18.3 Å². The van der Waals surface area contributed by atoms with Crippen LogP contribution in [0.1, 0.15) is 31.0 Å². The molecule has 0 aliphatic rings. The molecule has 0 saturated heterocycles. The van der Waals surface area contributed by atoms with E-state index in [1.54, 1.807) is 7.11 Å². The highest BCUT2D eigenvalue weighted by molar-refractivity contribution is 8.00. The van der Waals surface area contributed by atoms with E-state index in [-0.39, 0.29) is 11.3 Å². The van der Waals surface area contributed by atoms with Crippen LogP contribution in [0.15, 0.2) is 53.7 Å². The van der Waals surface area contributed by atoms with Crippen LogP contribution in [0.2, 0.25) is 0 Å². The van der Waals surface area contributed by atoms with Crippen LogP contribution in [0.3, 0.4) is 0 Å². The largest absolute Gasteiger partial charge is 0.497 e. The minimum atomic E-state index is -0.229. The maximum Gasteiger partial charge on any atom is 0.193 e. The summed E-state index contributed by atoms with van der Waals surface area (Å²) in [7, 11) is 1.65. The normalized spacial score (nSPS) is 12.0. The molecule has 0 fully saturated rings. The van der Waals surface area contributed by atoms with Crippen LogP contribution >= 0.6 is 11.8 Å². The molecule has 3 rings (SSSR count). The van der Waals surface area contributed by atoms with E-state index in [1.165, 1.54) is 17.3 Å². The molecular formula is C22H24N4OS. The number of aromatic nitrogens is 3. The Balaban J connectivity index is 1.85. The van der Waals surface area contributed by atoms with Gasteiger partial charge in [0.05, 0.1) is 13.2 Å². The molecule has 0 unspecified atom stereocenters. The smallest absolute Gasteiger partial charge is 0.193 e. The van der Waals surface area contributed by atoms with Crippen LogP contribution in [-0.2, 0) is 6.42 Å². The second-order valence-corrected chi connectivity index (χ2v) is 8.09. The summed E-state index contributed by atoms with van der Waals surface area (Å²) in [6.45, 7) is 6.26. The van der Waals surface area contributed by atoms with Crippen molar-refractivity contribution in [3.05, 3.63) is 59.7 Å². The quantitative estimate of drug-likeness (QED) is 0.525. The Hall–Kier alpha value is -2.78. The van der Waals surface area contributed by atoms with Gasteiger partial charge in [-0.2, -0.15) is 5.26 Å². The van der Waals surface area contributed by atoms with Gasteiger partial charge < -0.3 is 4.74 Å². The Morgan fingerprint density at radius 1 is 1.07 bits per heavy atom. The zero-order valence-electron chi connectivity index (χ0n) is 16.6. The maximum atomic E-state index is 9.67. The highest BCUT2D eigenvalue weighted by atomic mass is 32.2. The maximum absolute atomic E-state index is 9.67. The molecule has 0 aliphatic carbocycles.